The highest BCUT2D eigenvalue weighted by atomic mass is 127. The van der Waals surface area contributed by atoms with Gasteiger partial charge < -0.3 is 10.5 Å². The number of carbonyl (C=O) groups excluding carboxylic acids is 1. The summed E-state index contributed by atoms with van der Waals surface area (Å²) >= 11 is 2.05. The maximum Gasteiger partial charge on any atom is 0.379 e. The fraction of sp³-hybridized carbons (Fsp3) is 0.364. The number of hydrogen-bond donors (Lipinski definition) is 1. The molecule has 0 aliphatic heterocycles. The van der Waals surface area contributed by atoms with E-state index >= 15 is 0 Å². The molecule has 18 heavy (non-hydrogen) atoms. The first-order chi connectivity index (χ1) is 7.89. The third-order valence-electron chi connectivity index (χ3n) is 2.17. The SMILES string of the molecule is CCOC(=O)C(F)(F)[C@H](N)c1ccc(I)cc1.Cl. The fourth-order valence-corrected chi connectivity index (χ4v) is 1.59. The van der Waals surface area contributed by atoms with E-state index in [0.29, 0.717) is 0 Å². The topological polar surface area (TPSA) is 52.3 Å². The van der Waals surface area contributed by atoms with Crippen molar-refractivity contribution in [3.05, 3.63) is 33.4 Å². The molecule has 102 valence electrons. The van der Waals surface area contributed by atoms with Gasteiger partial charge >= 0.3 is 11.9 Å². The molecule has 2 N–H and O–H groups in total. The van der Waals surface area contributed by atoms with Crippen LogP contribution < -0.4 is 5.73 Å². The molecule has 0 spiro atoms. The average molecular weight is 392 g/mol. The predicted octanol–water partition coefficient (Wildman–Crippen LogP) is 2.91. The molecule has 1 aromatic carbocycles. The lowest BCUT2D eigenvalue weighted by molar-refractivity contribution is -0.174. The monoisotopic (exact) mass is 391 g/mol. The molecule has 0 saturated carbocycles. The maximum absolute atomic E-state index is 13.6. The summed E-state index contributed by atoms with van der Waals surface area (Å²) in [5.74, 6) is -5.31. The number of benzene rings is 1. The van der Waals surface area contributed by atoms with Crippen LogP contribution >= 0.6 is 35.0 Å². The van der Waals surface area contributed by atoms with Gasteiger partial charge in [0.15, 0.2) is 0 Å². The third kappa shape index (κ3) is 4.03. The fourth-order valence-electron chi connectivity index (χ4n) is 1.23. The highest BCUT2D eigenvalue weighted by molar-refractivity contribution is 14.1. The van der Waals surface area contributed by atoms with Gasteiger partial charge in [0.2, 0.25) is 0 Å². The molecule has 7 heteroatoms. The molecule has 3 nitrogen and oxygen atoms in total. The normalized spacial score (nSPS) is 12.5. The lowest BCUT2D eigenvalue weighted by Crippen LogP contribution is -2.41. The first-order valence-corrected chi connectivity index (χ1v) is 6.03. The summed E-state index contributed by atoms with van der Waals surface area (Å²) in [7, 11) is 0. The quantitative estimate of drug-likeness (QED) is 0.634. The molecule has 0 saturated heterocycles. The van der Waals surface area contributed by atoms with Crippen LogP contribution in [0.5, 0.6) is 0 Å². The number of esters is 1. The predicted molar refractivity (Wildman–Crippen MR) is 74.9 cm³/mol. The molecule has 1 rings (SSSR count). The van der Waals surface area contributed by atoms with E-state index in [0.717, 1.165) is 3.57 Å². The molecule has 0 amide bonds. The van der Waals surface area contributed by atoms with E-state index in [2.05, 4.69) is 4.74 Å². The first kappa shape index (κ1) is 17.5. The minimum atomic E-state index is -3.72. The van der Waals surface area contributed by atoms with Crippen LogP contribution in [0.1, 0.15) is 18.5 Å². The van der Waals surface area contributed by atoms with Crippen LogP contribution in [0.15, 0.2) is 24.3 Å². The van der Waals surface area contributed by atoms with Crippen molar-refractivity contribution in [1.29, 1.82) is 0 Å². The van der Waals surface area contributed by atoms with E-state index in [1.807, 2.05) is 22.6 Å². The second-order valence-corrected chi connectivity index (χ2v) is 4.62. The van der Waals surface area contributed by atoms with Crippen molar-refractivity contribution in [1.82, 2.24) is 0 Å². The van der Waals surface area contributed by atoms with E-state index in [1.165, 1.54) is 19.1 Å². The van der Waals surface area contributed by atoms with Crippen LogP contribution in [-0.4, -0.2) is 18.5 Å². The van der Waals surface area contributed by atoms with Gasteiger partial charge in [0, 0.05) is 3.57 Å². The van der Waals surface area contributed by atoms with Crippen LogP contribution in [0.25, 0.3) is 0 Å². The average Bonchev–Trinajstić information content (AvgIpc) is 2.29. The lowest BCUT2D eigenvalue weighted by atomic mass is 10.0. The van der Waals surface area contributed by atoms with E-state index < -0.39 is 17.9 Å². The number of nitrogens with two attached hydrogens (primary N) is 1. The van der Waals surface area contributed by atoms with E-state index in [-0.39, 0.29) is 24.6 Å². The molecule has 1 atom stereocenters. The molecular weight excluding hydrogens is 378 g/mol. The summed E-state index contributed by atoms with van der Waals surface area (Å²) in [5, 5.41) is 0. The summed E-state index contributed by atoms with van der Waals surface area (Å²) in [6.07, 6.45) is 0. The summed E-state index contributed by atoms with van der Waals surface area (Å²) in [5.41, 5.74) is 5.60. The van der Waals surface area contributed by atoms with Crippen molar-refractivity contribution in [3.63, 3.8) is 0 Å². The molecule has 0 radical (unpaired) electrons. The Balaban J connectivity index is 0.00000289. The van der Waals surface area contributed by atoms with E-state index in [1.54, 1.807) is 12.1 Å². The van der Waals surface area contributed by atoms with Crippen LogP contribution in [0, 0.1) is 3.57 Å². The van der Waals surface area contributed by atoms with Gasteiger partial charge in [0.05, 0.1) is 6.61 Å². The Morgan fingerprint density at radius 2 is 1.94 bits per heavy atom. The summed E-state index contributed by atoms with van der Waals surface area (Å²) < 4.78 is 32.4. The Hall–Kier alpha value is -0.470. The van der Waals surface area contributed by atoms with Gasteiger partial charge in [-0.05, 0) is 47.2 Å². The Labute approximate surface area is 124 Å². The highest BCUT2D eigenvalue weighted by Gasteiger charge is 2.47. The van der Waals surface area contributed by atoms with Crippen LogP contribution in [-0.2, 0) is 9.53 Å². The minimum Gasteiger partial charge on any atom is -0.462 e. The first-order valence-electron chi connectivity index (χ1n) is 4.95. The van der Waals surface area contributed by atoms with E-state index in [9.17, 15) is 13.6 Å². The van der Waals surface area contributed by atoms with Crippen molar-refractivity contribution in [2.24, 2.45) is 5.73 Å². The second-order valence-electron chi connectivity index (χ2n) is 3.37. The molecular formula is C11H13ClF2INO2. The number of alkyl halides is 2. The van der Waals surface area contributed by atoms with Gasteiger partial charge in [0.25, 0.3) is 0 Å². The third-order valence-corrected chi connectivity index (χ3v) is 2.89. The van der Waals surface area contributed by atoms with Gasteiger partial charge in [-0.2, -0.15) is 8.78 Å². The Bertz CT molecular complexity index is 401. The lowest BCUT2D eigenvalue weighted by Gasteiger charge is -2.21. The van der Waals surface area contributed by atoms with Crippen molar-refractivity contribution in [2.75, 3.05) is 6.61 Å². The van der Waals surface area contributed by atoms with Gasteiger partial charge in [0.1, 0.15) is 6.04 Å². The zero-order valence-electron chi connectivity index (χ0n) is 9.53. The van der Waals surface area contributed by atoms with Crippen molar-refractivity contribution >= 4 is 41.0 Å². The van der Waals surface area contributed by atoms with E-state index in [4.69, 9.17) is 5.73 Å². The minimum absolute atomic E-state index is 0. The van der Waals surface area contributed by atoms with Gasteiger partial charge in [-0.1, -0.05) is 12.1 Å². The second kappa shape index (κ2) is 7.20. The number of carbonyl (C=O) groups is 1. The standard InChI is InChI=1S/C11H12F2INO2.ClH/c1-2-17-10(16)11(12,13)9(15)7-3-5-8(14)6-4-7;/h3-6,9H,2,15H2,1H3;1H/t9-;/m1./s1. The van der Waals surface area contributed by atoms with Gasteiger partial charge in [-0.25, -0.2) is 4.79 Å². The van der Waals surface area contributed by atoms with Crippen LogP contribution in [0.4, 0.5) is 8.78 Å². The molecule has 0 fully saturated rings. The molecule has 1 aromatic rings. The largest absolute Gasteiger partial charge is 0.462 e. The van der Waals surface area contributed by atoms with Gasteiger partial charge in [-0.3, -0.25) is 0 Å². The summed E-state index contributed by atoms with van der Waals surface area (Å²) in [6, 6.07) is 4.55. The number of hydrogen-bond acceptors (Lipinski definition) is 3. The number of rotatable bonds is 4. The smallest absolute Gasteiger partial charge is 0.379 e. The van der Waals surface area contributed by atoms with Crippen LogP contribution in [0.2, 0.25) is 0 Å². The van der Waals surface area contributed by atoms with Crippen molar-refractivity contribution in [2.45, 2.75) is 18.9 Å². The molecule has 0 heterocycles. The summed E-state index contributed by atoms with van der Waals surface area (Å²) in [4.78, 5) is 11.1. The van der Waals surface area contributed by atoms with Crippen LogP contribution in [0.3, 0.4) is 0 Å². The van der Waals surface area contributed by atoms with Gasteiger partial charge in [-0.15, -0.1) is 12.4 Å². The number of ether oxygens (including phenoxy) is 1. The summed E-state index contributed by atoms with van der Waals surface area (Å²) in [6.45, 7) is 1.36. The number of halogens is 4. The van der Waals surface area contributed by atoms with Crippen molar-refractivity contribution < 1.29 is 18.3 Å². The molecule has 0 aromatic heterocycles. The zero-order valence-corrected chi connectivity index (χ0v) is 12.5. The Kier molecular flexibility index (Phi) is 7.01. The molecule has 0 bridgehead atoms. The molecule has 0 aliphatic carbocycles. The highest BCUT2D eigenvalue weighted by Crippen LogP contribution is 2.30. The Morgan fingerprint density at radius 1 is 1.44 bits per heavy atom. The van der Waals surface area contributed by atoms with Crippen molar-refractivity contribution in [3.8, 4) is 0 Å². The zero-order chi connectivity index (χ0) is 13.1. The Morgan fingerprint density at radius 3 is 2.39 bits per heavy atom. The molecule has 0 aliphatic rings. The maximum atomic E-state index is 13.6. The molecule has 0 unspecified atom stereocenters.